The molecule has 0 radical (unpaired) electrons. The summed E-state index contributed by atoms with van der Waals surface area (Å²) >= 11 is 7.29. The van der Waals surface area contributed by atoms with Crippen molar-refractivity contribution in [3.8, 4) is 0 Å². The average Bonchev–Trinajstić information content (AvgIpc) is 3.26. The van der Waals surface area contributed by atoms with Crippen molar-refractivity contribution < 1.29 is 18.0 Å². The van der Waals surface area contributed by atoms with Gasteiger partial charge in [-0.25, -0.2) is 4.98 Å². The predicted octanol–water partition coefficient (Wildman–Crippen LogP) is 6.32. The van der Waals surface area contributed by atoms with Gasteiger partial charge in [0.2, 0.25) is 5.91 Å². The molecule has 1 aromatic heterocycles. The van der Waals surface area contributed by atoms with Crippen LogP contribution in [-0.4, -0.2) is 10.9 Å². The van der Waals surface area contributed by atoms with Gasteiger partial charge in [-0.15, -0.1) is 11.3 Å². The molecule has 8 heteroatoms. The summed E-state index contributed by atoms with van der Waals surface area (Å²) in [6, 6.07) is 3.28. The van der Waals surface area contributed by atoms with Crippen LogP contribution in [0.2, 0.25) is 5.02 Å². The topological polar surface area (TPSA) is 42.0 Å². The maximum Gasteiger partial charge on any atom is 0.416 e. The Hall–Kier alpha value is -1.60. The summed E-state index contributed by atoms with van der Waals surface area (Å²) in [5, 5.41) is 3.52. The van der Waals surface area contributed by atoms with Crippen molar-refractivity contribution in [2.45, 2.75) is 51.1 Å². The molecule has 3 rings (SSSR count). The SMILES string of the molecule is O=C(CCC1CCCC1)Nc1ncc(Cc2cc(C(F)(F)F)ccc2Cl)s1. The quantitative estimate of drug-likeness (QED) is 0.599. The summed E-state index contributed by atoms with van der Waals surface area (Å²) in [7, 11) is 0. The number of amides is 1. The predicted molar refractivity (Wildman–Crippen MR) is 101 cm³/mol. The molecule has 1 fully saturated rings. The first-order chi connectivity index (χ1) is 12.8. The first kappa shape index (κ1) is 20.1. The van der Waals surface area contributed by atoms with E-state index in [4.69, 9.17) is 11.6 Å². The highest BCUT2D eigenvalue weighted by atomic mass is 35.5. The van der Waals surface area contributed by atoms with Gasteiger partial charge in [0.25, 0.3) is 0 Å². The van der Waals surface area contributed by atoms with Gasteiger partial charge in [-0.1, -0.05) is 37.3 Å². The van der Waals surface area contributed by atoms with Crippen molar-refractivity contribution in [2.24, 2.45) is 5.92 Å². The molecule has 0 bridgehead atoms. The minimum atomic E-state index is -4.41. The fourth-order valence-electron chi connectivity index (χ4n) is 3.34. The third-order valence-corrected chi connectivity index (χ3v) is 6.07. The summed E-state index contributed by atoms with van der Waals surface area (Å²) < 4.78 is 38.6. The minimum Gasteiger partial charge on any atom is -0.302 e. The molecule has 1 aromatic carbocycles. The number of aromatic nitrogens is 1. The van der Waals surface area contributed by atoms with Gasteiger partial charge in [-0.3, -0.25) is 4.79 Å². The molecule has 2 aromatic rings. The van der Waals surface area contributed by atoms with Gasteiger partial charge in [0, 0.05) is 28.9 Å². The Bertz CT molecular complexity index is 800. The standard InChI is InChI=1S/C19H20ClF3N2OS/c20-16-7-6-14(19(21,22)23)9-13(16)10-15-11-24-18(27-15)25-17(26)8-5-12-3-1-2-4-12/h6-7,9,11-12H,1-5,8,10H2,(H,24,25,26). The average molecular weight is 417 g/mol. The number of anilines is 1. The van der Waals surface area contributed by atoms with Crippen LogP contribution in [0, 0.1) is 5.92 Å². The van der Waals surface area contributed by atoms with E-state index in [1.165, 1.54) is 43.1 Å². The van der Waals surface area contributed by atoms with E-state index in [2.05, 4.69) is 10.3 Å². The van der Waals surface area contributed by atoms with Gasteiger partial charge in [-0.2, -0.15) is 13.2 Å². The molecule has 1 aliphatic carbocycles. The van der Waals surface area contributed by atoms with Gasteiger partial charge in [0.05, 0.1) is 5.56 Å². The van der Waals surface area contributed by atoms with Crippen molar-refractivity contribution in [3.05, 3.63) is 45.4 Å². The smallest absolute Gasteiger partial charge is 0.302 e. The minimum absolute atomic E-state index is 0.0695. The lowest BCUT2D eigenvalue weighted by atomic mass is 10.0. The van der Waals surface area contributed by atoms with Crippen LogP contribution in [0.5, 0.6) is 0 Å². The number of hydrogen-bond acceptors (Lipinski definition) is 3. The number of carbonyl (C=O) groups excluding carboxylic acids is 1. The fraction of sp³-hybridized carbons (Fsp3) is 0.474. The highest BCUT2D eigenvalue weighted by Gasteiger charge is 2.31. The van der Waals surface area contributed by atoms with E-state index < -0.39 is 11.7 Å². The molecule has 1 saturated carbocycles. The second-order valence-electron chi connectivity index (χ2n) is 6.85. The number of halogens is 4. The molecule has 0 saturated heterocycles. The summed E-state index contributed by atoms with van der Waals surface area (Å²) in [5.41, 5.74) is -0.346. The molecule has 146 valence electrons. The number of benzene rings is 1. The van der Waals surface area contributed by atoms with Crippen LogP contribution in [0.4, 0.5) is 18.3 Å². The lowest BCUT2D eigenvalue weighted by Gasteiger charge is -2.09. The zero-order chi connectivity index (χ0) is 19.4. The van der Waals surface area contributed by atoms with Crippen LogP contribution in [0.25, 0.3) is 0 Å². The van der Waals surface area contributed by atoms with Crippen LogP contribution in [0.15, 0.2) is 24.4 Å². The van der Waals surface area contributed by atoms with Crippen LogP contribution in [-0.2, 0) is 17.4 Å². The monoisotopic (exact) mass is 416 g/mol. The van der Waals surface area contributed by atoms with E-state index >= 15 is 0 Å². The molecule has 1 N–H and O–H groups in total. The fourth-order valence-corrected chi connectivity index (χ4v) is 4.37. The van der Waals surface area contributed by atoms with Crippen LogP contribution in [0.3, 0.4) is 0 Å². The maximum absolute atomic E-state index is 12.9. The summed E-state index contributed by atoms with van der Waals surface area (Å²) in [6.07, 6.45) is 3.65. The van der Waals surface area contributed by atoms with Gasteiger partial charge in [0.15, 0.2) is 5.13 Å². The number of carbonyl (C=O) groups is 1. The van der Waals surface area contributed by atoms with E-state index in [1.807, 2.05) is 0 Å². The Kier molecular flexibility index (Phi) is 6.42. The van der Waals surface area contributed by atoms with E-state index in [9.17, 15) is 18.0 Å². The number of alkyl halides is 3. The third kappa shape index (κ3) is 5.69. The Balaban J connectivity index is 1.58. The van der Waals surface area contributed by atoms with E-state index in [0.29, 0.717) is 23.0 Å². The molecule has 3 nitrogen and oxygen atoms in total. The summed E-state index contributed by atoms with van der Waals surface area (Å²) in [5.74, 6) is 0.575. The molecule has 0 aliphatic heterocycles. The lowest BCUT2D eigenvalue weighted by Crippen LogP contribution is -2.12. The number of thiazole rings is 1. The highest BCUT2D eigenvalue weighted by molar-refractivity contribution is 7.15. The molecule has 0 unspecified atom stereocenters. The molecule has 1 amide bonds. The second kappa shape index (κ2) is 8.61. The van der Waals surface area contributed by atoms with Crippen molar-refractivity contribution in [1.29, 1.82) is 0 Å². The maximum atomic E-state index is 12.9. The first-order valence-electron chi connectivity index (χ1n) is 8.91. The molecule has 0 atom stereocenters. The zero-order valence-electron chi connectivity index (χ0n) is 14.6. The van der Waals surface area contributed by atoms with Gasteiger partial charge < -0.3 is 5.32 Å². The Morgan fingerprint density at radius 3 is 2.74 bits per heavy atom. The van der Waals surface area contributed by atoms with E-state index in [0.717, 1.165) is 23.4 Å². The molecule has 1 aliphatic rings. The third-order valence-electron chi connectivity index (χ3n) is 4.79. The van der Waals surface area contributed by atoms with E-state index in [1.54, 1.807) is 6.20 Å². The Labute approximate surface area is 165 Å². The summed E-state index contributed by atoms with van der Waals surface area (Å²) in [4.78, 5) is 16.9. The van der Waals surface area contributed by atoms with Crippen LogP contribution in [0.1, 0.15) is 54.5 Å². The first-order valence-corrected chi connectivity index (χ1v) is 10.1. The second-order valence-corrected chi connectivity index (χ2v) is 8.37. The van der Waals surface area contributed by atoms with Crippen molar-refractivity contribution in [2.75, 3.05) is 5.32 Å². The lowest BCUT2D eigenvalue weighted by molar-refractivity contribution is -0.137. The highest BCUT2D eigenvalue weighted by Crippen LogP contribution is 2.33. The number of rotatable bonds is 6. The molecule has 27 heavy (non-hydrogen) atoms. The number of nitrogens with one attached hydrogen (secondary N) is 1. The van der Waals surface area contributed by atoms with Crippen molar-refractivity contribution in [1.82, 2.24) is 4.98 Å². The van der Waals surface area contributed by atoms with Crippen LogP contribution >= 0.6 is 22.9 Å². The van der Waals surface area contributed by atoms with Crippen molar-refractivity contribution in [3.63, 3.8) is 0 Å². The Morgan fingerprint density at radius 1 is 1.30 bits per heavy atom. The normalized spacial score (nSPS) is 15.3. The Morgan fingerprint density at radius 2 is 2.04 bits per heavy atom. The molecular formula is C19H20ClF3N2OS. The molecule has 0 spiro atoms. The van der Waals surface area contributed by atoms with Crippen molar-refractivity contribution >= 4 is 34.0 Å². The number of nitrogens with zero attached hydrogens (tertiary/aromatic N) is 1. The van der Waals surface area contributed by atoms with Crippen LogP contribution < -0.4 is 5.32 Å². The van der Waals surface area contributed by atoms with Gasteiger partial charge >= 0.3 is 6.18 Å². The van der Waals surface area contributed by atoms with Gasteiger partial charge in [-0.05, 0) is 36.1 Å². The van der Waals surface area contributed by atoms with E-state index in [-0.39, 0.29) is 17.4 Å². The summed E-state index contributed by atoms with van der Waals surface area (Å²) in [6.45, 7) is 0. The molecule has 1 heterocycles. The van der Waals surface area contributed by atoms with Gasteiger partial charge in [0.1, 0.15) is 0 Å². The zero-order valence-corrected chi connectivity index (χ0v) is 16.2. The largest absolute Gasteiger partial charge is 0.416 e. The number of hydrogen-bond donors (Lipinski definition) is 1. The molecular weight excluding hydrogens is 397 g/mol.